The second kappa shape index (κ2) is 6.33. The molecule has 1 unspecified atom stereocenters. The lowest BCUT2D eigenvalue weighted by molar-refractivity contribution is 0.0781. The maximum absolute atomic E-state index is 8.93. The zero-order valence-corrected chi connectivity index (χ0v) is 11.0. The van der Waals surface area contributed by atoms with E-state index in [0.717, 1.165) is 44.2 Å². The normalized spacial score (nSPS) is 20.2. The highest BCUT2D eigenvalue weighted by atomic mass is 16.3. The highest BCUT2D eigenvalue weighted by Crippen LogP contribution is 2.23. The molecular weight excluding hydrogens is 230 g/mol. The molecular formula is C13H23N3O2. The smallest absolute Gasteiger partial charge is 0.122 e. The topological polar surface area (TPSA) is 65.9 Å². The van der Waals surface area contributed by atoms with Crippen molar-refractivity contribution >= 4 is 0 Å². The molecule has 1 saturated heterocycles. The van der Waals surface area contributed by atoms with Gasteiger partial charge in [-0.3, -0.25) is 9.80 Å². The van der Waals surface area contributed by atoms with E-state index in [2.05, 4.69) is 9.80 Å². The summed E-state index contributed by atoms with van der Waals surface area (Å²) in [7, 11) is 0. The summed E-state index contributed by atoms with van der Waals surface area (Å²) in [4.78, 5) is 4.64. The summed E-state index contributed by atoms with van der Waals surface area (Å²) in [6.45, 7) is 7.44. The van der Waals surface area contributed by atoms with Gasteiger partial charge in [0, 0.05) is 39.3 Å². The standard InChI is InChI=1S/C13H23N3O2/c1-11-2-3-13(18-11)12(10-14)16-6-4-15(5-7-16)8-9-17/h2-3,12,17H,4-10,14H2,1H3. The van der Waals surface area contributed by atoms with Crippen LogP contribution in [0.2, 0.25) is 0 Å². The molecule has 3 N–H and O–H groups in total. The van der Waals surface area contributed by atoms with Crippen LogP contribution in [0.5, 0.6) is 0 Å². The number of hydrogen-bond donors (Lipinski definition) is 2. The average Bonchev–Trinajstić information content (AvgIpc) is 2.79. The van der Waals surface area contributed by atoms with Gasteiger partial charge in [0.1, 0.15) is 11.5 Å². The fourth-order valence-corrected chi connectivity index (χ4v) is 2.52. The molecule has 0 amide bonds. The van der Waals surface area contributed by atoms with Gasteiger partial charge in [-0.1, -0.05) is 0 Å². The molecule has 1 fully saturated rings. The van der Waals surface area contributed by atoms with Crippen LogP contribution < -0.4 is 5.73 Å². The monoisotopic (exact) mass is 253 g/mol. The molecule has 2 heterocycles. The van der Waals surface area contributed by atoms with Crippen molar-refractivity contribution in [3.63, 3.8) is 0 Å². The van der Waals surface area contributed by atoms with Crippen molar-refractivity contribution in [2.24, 2.45) is 5.73 Å². The number of rotatable bonds is 5. The number of furan rings is 1. The molecule has 0 aromatic carbocycles. The Morgan fingerprint density at radius 3 is 2.56 bits per heavy atom. The number of β-amino-alcohol motifs (C(OH)–C–C–N with tert-alkyl or cyclic N) is 1. The number of nitrogens with zero attached hydrogens (tertiary/aromatic N) is 2. The minimum atomic E-state index is 0.176. The number of piperazine rings is 1. The summed E-state index contributed by atoms with van der Waals surface area (Å²) < 4.78 is 5.69. The minimum absolute atomic E-state index is 0.176. The Labute approximate surface area is 108 Å². The number of hydrogen-bond acceptors (Lipinski definition) is 5. The predicted molar refractivity (Wildman–Crippen MR) is 70.3 cm³/mol. The van der Waals surface area contributed by atoms with Gasteiger partial charge in [0.15, 0.2) is 0 Å². The Bertz CT molecular complexity index is 359. The van der Waals surface area contributed by atoms with Gasteiger partial charge < -0.3 is 15.3 Å². The van der Waals surface area contributed by atoms with Crippen molar-refractivity contribution in [3.8, 4) is 0 Å². The van der Waals surface area contributed by atoms with E-state index in [9.17, 15) is 0 Å². The van der Waals surface area contributed by atoms with Crippen molar-refractivity contribution in [1.82, 2.24) is 9.80 Å². The van der Waals surface area contributed by atoms with Gasteiger partial charge in [-0.15, -0.1) is 0 Å². The lowest BCUT2D eigenvalue weighted by Gasteiger charge is -2.37. The predicted octanol–water partition coefficient (Wildman–Crippen LogP) is 0.198. The van der Waals surface area contributed by atoms with Gasteiger partial charge in [0.05, 0.1) is 12.6 Å². The summed E-state index contributed by atoms with van der Waals surface area (Å²) in [5.74, 6) is 1.90. The van der Waals surface area contributed by atoms with Crippen LogP contribution in [0, 0.1) is 6.92 Å². The van der Waals surface area contributed by atoms with Crippen LogP contribution in [0.3, 0.4) is 0 Å². The molecule has 1 aromatic heterocycles. The minimum Gasteiger partial charge on any atom is -0.465 e. The molecule has 0 bridgehead atoms. The van der Waals surface area contributed by atoms with Crippen LogP contribution in [0.4, 0.5) is 0 Å². The van der Waals surface area contributed by atoms with Crippen LogP contribution >= 0.6 is 0 Å². The number of aliphatic hydroxyl groups excluding tert-OH is 1. The van der Waals surface area contributed by atoms with E-state index in [1.807, 2.05) is 19.1 Å². The van der Waals surface area contributed by atoms with Gasteiger partial charge in [0.2, 0.25) is 0 Å². The lowest BCUT2D eigenvalue weighted by Crippen LogP contribution is -2.49. The maximum atomic E-state index is 8.93. The zero-order chi connectivity index (χ0) is 13.0. The zero-order valence-electron chi connectivity index (χ0n) is 11.0. The van der Waals surface area contributed by atoms with Gasteiger partial charge in [-0.25, -0.2) is 0 Å². The van der Waals surface area contributed by atoms with E-state index < -0.39 is 0 Å². The van der Waals surface area contributed by atoms with E-state index in [1.54, 1.807) is 0 Å². The summed E-state index contributed by atoms with van der Waals surface area (Å²) in [6.07, 6.45) is 0. The number of nitrogens with two attached hydrogens (primary N) is 1. The van der Waals surface area contributed by atoms with Crippen LogP contribution in [0.25, 0.3) is 0 Å². The molecule has 1 aliphatic rings. The van der Waals surface area contributed by atoms with E-state index in [0.29, 0.717) is 6.54 Å². The van der Waals surface area contributed by atoms with Crippen molar-refractivity contribution in [2.45, 2.75) is 13.0 Å². The molecule has 1 aliphatic heterocycles. The molecule has 18 heavy (non-hydrogen) atoms. The van der Waals surface area contributed by atoms with Crippen molar-refractivity contribution < 1.29 is 9.52 Å². The van der Waals surface area contributed by atoms with Gasteiger partial charge in [-0.2, -0.15) is 0 Å². The first-order valence-corrected chi connectivity index (χ1v) is 6.58. The van der Waals surface area contributed by atoms with Crippen molar-refractivity contribution in [2.75, 3.05) is 45.9 Å². The summed E-state index contributed by atoms with van der Waals surface area (Å²) in [5, 5.41) is 8.93. The fraction of sp³-hybridized carbons (Fsp3) is 0.692. The summed E-state index contributed by atoms with van der Waals surface area (Å²) >= 11 is 0. The van der Waals surface area contributed by atoms with Crippen LogP contribution in [-0.2, 0) is 0 Å². The maximum Gasteiger partial charge on any atom is 0.122 e. The molecule has 1 aromatic rings. The lowest BCUT2D eigenvalue weighted by atomic mass is 10.1. The highest BCUT2D eigenvalue weighted by Gasteiger charge is 2.25. The summed E-state index contributed by atoms with van der Waals surface area (Å²) in [5.41, 5.74) is 5.88. The Balaban J connectivity index is 1.94. The van der Waals surface area contributed by atoms with Crippen molar-refractivity contribution in [1.29, 1.82) is 0 Å². The molecule has 102 valence electrons. The molecule has 0 aliphatic carbocycles. The average molecular weight is 253 g/mol. The number of aliphatic hydroxyl groups is 1. The molecule has 5 nitrogen and oxygen atoms in total. The number of aryl methyl sites for hydroxylation is 1. The first-order chi connectivity index (χ1) is 8.74. The second-order valence-electron chi connectivity index (χ2n) is 4.80. The molecule has 5 heteroatoms. The highest BCUT2D eigenvalue weighted by molar-refractivity contribution is 5.10. The Morgan fingerprint density at radius 2 is 2.06 bits per heavy atom. The van der Waals surface area contributed by atoms with Crippen LogP contribution in [-0.4, -0.2) is 60.8 Å². The van der Waals surface area contributed by atoms with E-state index in [1.165, 1.54) is 0 Å². The third-order valence-electron chi connectivity index (χ3n) is 3.58. The Kier molecular flexibility index (Phi) is 4.77. The molecule has 2 rings (SSSR count). The van der Waals surface area contributed by atoms with E-state index >= 15 is 0 Å². The van der Waals surface area contributed by atoms with E-state index in [-0.39, 0.29) is 12.6 Å². The largest absolute Gasteiger partial charge is 0.465 e. The second-order valence-corrected chi connectivity index (χ2v) is 4.80. The summed E-state index contributed by atoms with van der Waals surface area (Å²) in [6, 6.07) is 4.18. The van der Waals surface area contributed by atoms with Crippen LogP contribution in [0.1, 0.15) is 17.6 Å². The molecule has 0 spiro atoms. The Morgan fingerprint density at radius 1 is 1.33 bits per heavy atom. The van der Waals surface area contributed by atoms with Gasteiger partial charge in [-0.05, 0) is 19.1 Å². The van der Waals surface area contributed by atoms with Crippen LogP contribution in [0.15, 0.2) is 16.5 Å². The third-order valence-corrected chi connectivity index (χ3v) is 3.58. The molecule has 0 radical (unpaired) electrons. The quantitative estimate of drug-likeness (QED) is 0.784. The SMILES string of the molecule is Cc1ccc(C(CN)N2CCN(CCO)CC2)o1. The first-order valence-electron chi connectivity index (χ1n) is 6.58. The Hall–Kier alpha value is -0.880. The van der Waals surface area contributed by atoms with Gasteiger partial charge >= 0.3 is 0 Å². The van der Waals surface area contributed by atoms with E-state index in [4.69, 9.17) is 15.3 Å². The van der Waals surface area contributed by atoms with Gasteiger partial charge in [0.25, 0.3) is 0 Å². The fourth-order valence-electron chi connectivity index (χ4n) is 2.52. The molecule has 1 atom stereocenters. The van der Waals surface area contributed by atoms with Crippen molar-refractivity contribution in [3.05, 3.63) is 23.7 Å². The molecule has 0 saturated carbocycles. The third kappa shape index (κ3) is 3.11. The first kappa shape index (κ1) is 13.5.